The third-order valence-corrected chi connectivity index (χ3v) is 8.49. The van der Waals surface area contributed by atoms with E-state index in [-0.39, 0.29) is 11.3 Å². The number of rotatable bonds is 6. The van der Waals surface area contributed by atoms with Gasteiger partial charge in [0, 0.05) is 35.2 Å². The second kappa shape index (κ2) is 11.3. The highest BCUT2D eigenvalue weighted by Gasteiger charge is 2.38. The Morgan fingerprint density at radius 3 is 2.36 bits per heavy atom. The summed E-state index contributed by atoms with van der Waals surface area (Å²) in [4.78, 5) is 31.6. The first-order valence-electron chi connectivity index (χ1n) is 12.8. The average Bonchev–Trinajstić information content (AvgIpc) is 3.64. The maximum Gasteiger partial charge on any atom is 0.412 e. The Morgan fingerprint density at radius 2 is 1.72 bits per heavy atom. The van der Waals surface area contributed by atoms with Crippen molar-refractivity contribution >= 4 is 46.0 Å². The molecule has 3 heterocycles. The van der Waals surface area contributed by atoms with Crippen LogP contribution >= 0.6 is 22.7 Å². The van der Waals surface area contributed by atoms with Crippen molar-refractivity contribution < 1.29 is 19.1 Å². The number of carbonyl (C=O) groups is 2. The third kappa shape index (κ3) is 6.21. The quantitative estimate of drug-likeness (QED) is 0.253. The van der Waals surface area contributed by atoms with Crippen molar-refractivity contribution in [2.75, 3.05) is 23.8 Å². The zero-order valence-corrected chi connectivity index (χ0v) is 23.8. The molecule has 2 amide bonds. The fraction of sp³-hybridized carbons (Fsp3) is 0.300. The lowest BCUT2D eigenvalue weighted by molar-refractivity contribution is 0.0628. The summed E-state index contributed by atoms with van der Waals surface area (Å²) in [6.45, 7) is 6.76. The Kier molecular flexibility index (Phi) is 7.83. The molecule has 1 aliphatic heterocycles. The van der Waals surface area contributed by atoms with Crippen LogP contribution in [0.1, 0.15) is 54.5 Å². The standard InChI is InChI=1S/C30H31N3O4S2/c1-29(2,3)37-28(35)33-23-11-8-21(25-5-4-17-38-25)19-24(23)32-26(34)20-6-9-22(10-7-20)30(12-15-36-16-13-30)27-31-14-18-39-27/h4-11,14,17-19H,12-13,15-16H2,1-3H3,(H,32,34)(H,33,35). The number of aromatic nitrogens is 1. The highest BCUT2D eigenvalue weighted by Crippen LogP contribution is 2.42. The summed E-state index contributed by atoms with van der Waals surface area (Å²) in [6, 6.07) is 17.3. The molecule has 0 unspecified atom stereocenters. The van der Waals surface area contributed by atoms with Crippen LogP contribution in [0, 0.1) is 0 Å². The number of amides is 2. The number of benzene rings is 2. The number of anilines is 2. The molecule has 1 fully saturated rings. The lowest BCUT2D eigenvalue weighted by Crippen LogP contribution is -2.35. The van der Waals surface area contributed by atoms with E-state index in [9.17, 15) is 9.59 Å². The molecule has 39 heavy (non-hydrogen) atoms. The van der Waals surface area contributed by atoms with E-state index in [0.717, 1.165) is 33.9 Å². The number of ether oxygens (including phenoxy) is 2. The van der Waals surface area contributed by atoms with E-state index in [4.69, 9.17) is 9.47 Å². The van der Waals surface area contributed by atoms with Gasteiger partial charge >= 0.3 is 6.09 Å². The molecule has 7 nitrogen and oxygen atoms in total. The highest BCUT2D eigenvalue weighted by molar-refractivity contribution is 7.13. The van der Waals surface area contributed by atoms with Crippen LogP contribution in [0.3, 0.4) is 0 Å². The van der Waals surface area contributed by atoms with Gasteiger partial charge in [-0.2, -0.15) is 0 Å². The van der Waals surface area contributed by atoms with Crippen molar-refractivity contribution in [2.24, 2.45) is 0 Å². The molecule has 4 aromatic rings. The molecule has 2 N–H and O–H groups in total. The predicted molar refractivity (Wildman–Crippen MR) is 157 cm³/mol. The Balaban J connectivity index is 1.40. The monoisotopic (exact) mass is 561 g/mol. The van der Waals surface area contributed by atoms with Crippen molar-refractivity contribution in [3.8, 4) is 10.4 Å². The first-order valence-corrected chi connectivity index (χ1v) is 14.6. The molecule has 0 saturated carbocycles. The summed E-state index contributed by atoms with van der Waals surface area (Å²) in [5.41, 5.74) is 2.68. The second-order valence-electron chi connectivity index (χ2n) is 10.4. The number of hydrogen-bond acceptors (Lipinski definition) is 7. The lowest BCUT2D eigenvalue weighted by Gasteiger charge is -2.36. The highest BCUT2D eigenvalue weighted by atomic mass is 32.1. The van der Waals surface area contributed by atoms with Crippen LogP contribution in [0.2, 0.25) is 0 Å². The Labute approximate surface area is 236 Å². The van der Waals surface area contributed by atoms with Crippen LogP contribution in [-0.2, 0) is 14.9 Å². The number of hydrogen-bond donors (Lipinski definition) is 2. The minimum atomic E-state index is -0.646. The van der Waals surface area contributed by atoms with Gasteiger partial charge in [0.05, 0.1) is 16.8 Å². The molecule has 0 bridgehead atoms. The van der Waals surface area contributed by atoms with Crippen LogP contribution in [0.25, 0.3) is 10.4 Å². The first kappa shape index (κ1) is 27.1. The normalized spacial score (nSPS) is 14.9. The Hall–Kier alpha value is -3.53. The van der Waals surface area contributed by atoms with Gasteiger partial charge in [0.25, 0.3) is 5.91 Å². The molecule has 1 aliphatic rings. The Bertz CT molecular complexity index is 1420. The molecule has 2 aromatic heterocycles. The van der Waals surface area contributed by atoms with Gasteiger partial charge < -0.3 is 14.8 Å². The van der Waals surface area contributed by atoms with Crippen LogP contribution in [0.4, 0.5) is 16.2 Å². The van der Waals surface area contributed by atoms with Gasteiger partial charge in [0.15, 0.2) is 0 Å². The molecular formula is C30H31N3O4S2. The zero-order chi connectivity index (χ0) is 27.5. The van der Waals surface area contributed by atoms with E-state index in [1.807, 2.05) is 65.5 Å². The van der Waals surface area contributed by atoms with Crippen molar-refractivity contribution in [1.29, 1.82) is 0 Å². The van der Waals surface area contributed by atoms with Crippen LogP contribution in [0.15, 0.2) is 71.6 Å². The predicted octanol–water partition coefficient (Wildman–Crippen LogP) is 7.57. The minimum Gasteiger partial charge on any atom is -0.444 e. The smallest absolute Gasteiger partial charge is 0.412 e. The van der Waals surface area contributed by atoms with Crippen LogP contribution < -0.4 is 10.6 Å². The molecule has 0 aliphatic carbocycles. The fourth-order valence-electron chi connectivity index (χ4n) is 4.71. The molecule has 5 rings (SSSR count). The van der Waals surface area contributed by atoms with Gasteiger partial charge in [0.1, 0.15) is 10.6 Å². The molecule has 2 aromatic carbocycles. The van der Waals surface area contributed by atoms with Gasteiger partial charge in [-0.15, -0.1) is 22.7 Å². The van der Waals surface area contributed by atoms with Crippen LogP contribution in [-0.4, -0.2) is 35.8 Å². The summed E-state index contributed by atoms with van der Waals surface area (Å²) in [7, 11) is 0. The largest absolute Gasteiger partial charge is 0.444 e. The average molecular weight is 562 g/mol. The first-order chi connectivity index (χ1) is 18.7. The number of thiazole rings is 1. The van der Waals surface area contributed by atoms with Gasteiger partial charge in [0.2, 0.25) is 0 Å². The molecule has 0 spiro atoms. The van der Waals surface area contributed by atoms with Gasteiger partial charge in [-0.25, -0.2) is 9.78 Å². The Morgan fingerprint density at radius 1 is 0.949 bits per heavy atom. The number of carbonyl (C=O) groups excluding carboxylic acids is 2. The van der Waals surface area contributed by atoms with E-state index < -0.39 is 11.7 Å². The van der Waals surface area contributed by atoms with Crippen molar-refractivity contribution in [1.82, 2.24) is 4.98 Å². The minimum absolute atomic E-state index is 0.207. The SMILES string of the molecule is CC(C)(C)OC(=O)Nc1ccc(-c2cccs2)cc1NC(=O)c1ccc(C2(c3nccs3)CCOCC2)cc1. The van der Waals surface area contributed by atoms with E-state index in [1.54, 1.807) is 49.5 Å². The topological polar surface area (TPSA) is 89.6 Å². The summed E-state index contributed by atoms with van der Waals surface area (Å²) in [5, 5.41) is 10.9. The van der Waals surface area contributed by atoms with Gasteiger partial charge in [-0.1, -0.05) is 24.3 Å². The summed E-state index contributed by atoms with van der Waals surface area (Å²) >= 11 is 3.26. The summed E-state index contributed by atoms with van der Waals surface area (Å²) in [6.07, 6.45) is 2.95. The van der Waals surface area contributed by atoms with Crippen molar-refractivity contribution in [3.63, 3.8) is 0 Å². The molecular weight excluding hydrogens is 530 g/mol. The van der Waals surface area contributed by atoms with Gasteiger partial charge in [-0.05, 0) is 80.5 Å². The number of thiophene rings is 1. The summed E-state index contributed by atoms with van der Waals surface area (Å²) in [5.74, 6) is -0.271. The molecule has 9 heteroatoms. The van der Waals surface area contributed by atoms with Gasteiger partial charge in [-0.3, -0.25) is 10.1 Å². The maximum atomic E-state index is 13.4. The lowest BCUT2D eigenvalue weighted by atomic mass is 9.74. The van der Waals surface area contributed by atoms with Crippen LogP contribution in [0.5, 0.6) is 0 Å². The summed E-state index contributed by atoms with van der Waals surface area (Å²) < 4.78 is 11.1. The molecule has 1 saturated heterocycles. The number of nitrogens with one attached hydrogen (secondary N) is 2. The van der Waals surface area contributed by atoms with Crippen molar-refractivity contribution in [3.05, 3.63) is 87.7 Å². The molecule has 0 radical (unpaired) electrons. The van der Waals surface area contributed by atoms with E-state index in [2.05, 4.69) is 15.6 Å². The van der Waals surface area contributed by atoms with E-state index in [1.165, 1.54) is 0 Å². The molecule has 0 atom stereocenters. The number of nitrogens with zero attached hydrogens (tertiary/aromatic N) is 1. The fourth-order valence-corrected chi connectivity index (χ4v) is 6.35. The van der Waals surface area contributed by atoms with E-state index in [0.29, 0.717) is 30.2 Å². The molecule has 202 valence electrons. The second-order valence-corrected chi connectivity index (χ2v) is 12.3. The third-order valence-electron chi connectivity index (χ3n) is 6.60. The maximum absolute atomic E-state index is 13.4. The van der Waals surface area contributed by atoms with Crippen molar-refractivity contribution in [2.45, 2.75) is 44.6 Å². The van der Waals surface area contributed by atoms with E-state index >= 15 is 0 Å². The zero-order valence-electron chi connectivity index (χ0n) is 22.2.